The molecule has 9 heteroatoms. The molecule has 0 bridgehead atoms. The second-order valence-corrected chi connectivity index (χ2v) is 5.23. The lowest BCUT2D eigenvalue weighted by atomic mass is 10.1. The molecule has 122 valence electrons. The van der Waals surface area contributed by atoms with E-state index >= 15 is 0 Å². The molecule has 0 saturated heterocycles. The molecule has 0 fully saturated rings. The number of carbonyl (C=O) groups is 1. The molecule has 0 aromatic heterocycles. The van der Waals surface area contributed by atoms with Crippen LogP contribution in [0.15, 0.2) is 40.9 Å². The summed E-state index contributed by atoms with van der Waals surface area (Å²) in [5, 5.41) is 14.0. The summed E-state index contributed by atoms with van der Waals surface area (Å²) in [4.78, 5) is 11.8. The molecule has 0 heterocycles. The fraction of sp³-hybridized carbons (Fsp3) is 0.0714. The molecule has 0 aliphatic carbocycles. The average molecular weight is 393 g/mol. The molecule has 0 atom stereocenters. The molecule has 0 aliphatic heterocycles. The standard InChI is InChI=1S/C14H9BrF4N2O2/c15-8-3-1-2-4-9(8)20-13(23)21-10-6-5-7(14(17,18)19)11(16)12(10)22/h1-6,22H,(H2,20,21,23). The second-order valence-electron chi connectivity index (χ2n) is 4.38. The second kappa shape index (κ2) is 6.45. The Labute approximate surface area is 136 Å². The summed E-state index contributed by atoms with van der Waals surface area (Å²) in [6.45, 7) is 0. The van der Waals surface area contributed by atoms with Gasteiger partial charge in [-0.2, -0.15) is 13.2 Å². The molecular weight excluding hydrogens is 384 g/mol. The van der Waals surface area contributed by atoms with E-state index < -0.39 is 35.0 Å². The first-order chi connectivity index (χ1) is 10.7. The number of anilines is 2. The smallest absolute Gasteiger partial charge is 0.419 e. The maximum Gasteiger partial charge on any atom is 0.419 e. The van der Waals surface area contributed by atoms with Crippen LogP contribution in [0.5, 0.6) is 5.75 Å². The third kappa shape index (κ3) is 3.92. The first kappa shape index (κ1) is 17.1. The zero-order valence-corrected chi connectivity index (χ0v) is 12.8. The Balaban J connectivity index is 2.19. The van der Waals surface area contributed by atoms with Crippen molar-refractivity contribution >= 4 is 33.3 Å². The Kier molecular flexibility index (Phi) is 4.79. The van der Waals surface area contributed by atoms with Gasteiger partial charge in [0.25, 0.3) is 0 Å². The van der Waals surface area contributed by atoms with Crippen molar-refractivity contribution in [3.63, 3.8) is 0 Å². The molecule has 4 nitrogen and oxygen atoms in total. The summed E-state index contributed by atoms with van der Waals surface area (Å²) in [7, 11) is 0. The molecule has 0 unspecified atom stereocenters. The zero-order chi connectivity index (χ0) is 17.2. The number of amides is 2. The van der Waals surface area contributed by atoms with Gasteiger partial charge in [-0.3, -0.25) is 0 Å². The van der Waals surface area contributed by atoms with Gasteiger partial charge in [0.2, 0.25) is 0 Å². The lowest BCUT2D eigenvalue weighted by Gasteiger charge is -2.13. The topological polar surface area (TPSA) is 61.4 Å². The summed E-state index contributed by atoms with van der Waals surface area (Å²) >= 11 is 3.19. The third-order valence-corrected chi connectivity index (χ3v) is 3.48. The molecule has 0 aliphatic rings. The monoisotopic (exact) mass is 392 g/mol. The number of benzene rings is 2. The molecule has 3 N–H and O–H groups in total. The Hall–Kier alpha value is -2.29. The molecule has 2 amide bonds. The highest BCUT2D eigenvalue weighted by atomic mass is 79.9. The van der Waals surface area contributed by atoms with Crippen LogP contribution in [0.1, 0.15) is 5.56 Å². The number of phenols is 1. The SMILES string of the molecule is O=C(Nc1ccccc1Br)Nc1ccc(C(F)(F)F)c(F)c1O. The van der Waals surface area contributed by atoms with Crippen LogP contribution in [0, 0.1) is 5.82 Å². The van der Waals surface area contributed by atoms with Crippen LogP contribution in [0.3, 0.4) is 0 Å². The van der Waals surface area contributed by atoms with Crippen molar-refractivity contribution in [3.05, 3.63) is 52.3 Å². The normalized spacial score (nSPS) is 11.2. The van der Waals surface area contributed by atoms with Crippen LogP contribution in [0.2, 0.25) is 0 Å². The van der Waals surface area contributed by atoms with E-state index in [0.717, 1.165) is 6.07 Å². The van der Waals surface area contributed by atoms with Gasteiger partial charge in [-0.05, 0) is 40.2 Å². The Bertz CT molecular complexity index is 750. The van der Waals surface area contributed by atoms with Crippen LogP contribution >= 0.6 is 15.9 Å². The maximum atomic E-state index is 13.6. The van der Waals surface area contributed by atoms with E-state index in [1.165, 1.54) is 0 Å². The quantitative estimate of drug-likeness (QED) is 0.499. The molecule has 2 rings (SSSR count). The summed E-state index contributed by atoms with van der Waals surface area (Å²) < 4.78 is 51.6. The van der Waals surface area contributed by atoms with Crippen LogP contribution in [0.25, 0.3) is 0 Å². The Morgan fingerprint density at radius 2 is 1.65 bits per heavy atom. The number of phenolic OH excluding ortho intramolecular Hbond substituents is 1. The number of hydrogen-bond donors (Lipinski definition) is 3. The minimum atomic E-state index is -4.95. The predicted molar refractivity (Wildman–Crippen MR) is 79.9 cm³/mol. The fourth-order valence-corrected chi connectivity index (χ4v) is 2.11. The van der Waals surface area contributed by atoms with Crippen LogP contribution in [-0.2, 0) is 6.18 Å². The Morgan fingerprint density at radius 1 is 1.04 bits per heavy atom. The van der Waals surface area contributed by atoms with Crippen molar-refractivity contribution in [1.29, 1.82) is 0 Å². The molecule has 0 spiro atoms. The number of urea groups is 1. The van der Waals surface area contributed by atoms with Crippen molar-refractivity contribution in [2.75, 3.05) is 10.6 Å². The largest absolute Gasteiger partial charge is 0.503 e. The number of hydrogen-bond acceptors (Lipinski definition) is 2. The lowest BCUT2D eigenvalue weighted by molar-refractivity contribution is -0.140. The Morgan fingerprint density at radius 3 is 2.26 bits per heavy atom. The number of alkyl halides is 3. The first-order valence-corrected chi connectivity index (χ1v) is 6.90. The minimum absolute atomic E-state index is 0.386. The van der Waals surface area contributed by atoms with Gasteiger partial charge in [-0.1, -0.05) is 12.1 Å². The van der Waals surface area contributed by atoms with E-state index in [9.17, 15) is 27.5 Å². The van der Waals surface area contributed by atoms with Crippen LogP contribution in [0.4, 0.5) is 33.7 Å². The number of halogens is 5. The summed E-state index contributed by atoms with van der Waals surface area (Å²) in [5.41, 5.74) is -1.72. The fourth-order valence-electron chi connectivity index (χ4n) is 1.72. The third-order valence-electron chi connectivity index (χ3n) is 2.79. The summed E-state index contributed by atoms with van der Waals surface area (Å²) in [6, 6.07) is 6.93. The summed E-state index contributed by atoms with van der Waals surface area (Å²) in [6.07, 6.45) is -4.95. The van der Waals surface area contributed by atoms with Gasteiger partial charge in [0.05, 0.1) is 16.9 Å². The highest BCUT2D eigenvalue weighted by molar-refractivity contribution is 9.10. The van der Waals surface area contributed by atoms with Gasteiger partial charge in [0, 0.05) is 4.47 Å². The van der Waals surface area contributed by atoms with Crippen molar-refractivity contribution in [2.45, 2.75) is 6.18 Å². The molecular formula is C14H9BrF4N2O2. The minimum Gasteiger partial charge on any atom is -0.503 e. The van der Waals surface area contributed by atoms with Crippen LogP contribution < -0.4 is 10.6 Å². The van der Waals surface area contributed by atoms with Crippen molar-refractivity contribution in [3.8, 4) is 5.75 Å². The number of carbonyl (C=O) groups excluding carboxylic acids is 1. The van der Waals surface area contributed by atoms with Crippen molar-refractivity contribution in [2.24, 2.45) is 0 Å². The van der Waals surface area contributed by atoms with Gasteiger partial charge in [-0.15, -0.1) is 0 Å². The van der Waals surface area contributed by atoms with Crippen molar-refractivity contribution < 1.29 is 27.5 Å². The highest BCUT2D eigenvalue weighted by Crippen LogP contribution is 2.38. The number of para-hydroxylation sites is 1. The zero-order valence-electron chi connectivity index (χ0n) is 11.2. The first-order valence-electron chi connectivity index (χ1n) is 6.11. The lowest BCUT2D eigenvalue weighted by Crippen LogP contribution is -2.20. The maximum absolute atomic E-state index is 13.6. The van der Waals surface area contributed by atoms with Gasteiger partial charge >= 0.3 is 12.2 Å². The molecule has 0 saturated carbocycles. The number of nitrogens with one attached hydrogen (secondary N) is 2. The molecule has 2 aromatic carbocycles. The number of rotatable bonds is 2. The average Bonchev–Trinajstić information content (AvgIpc) is 2.45. The molecule has 2 aromatic rings. The van der Waals surface area contributed by atoms with E-state index in [-0.39, 0.29) is 0 Å². The van der Waals surface area contributed by atoms with Crippen molar-refractivity contribution in [1.82, 2.24) is 0 Å². The van der Waals surface area contributed by atoms with Gasteiger partial charge in [-0.25, -0.2) is 9.18 Å². The van der Waals surface area contributed by atoms with E-state index in [0.29, 0.717) is 16.2 Å². The van der Waals surface area contributed by atoms with E-state index in [1.807, 2.05) is 0 Å². The predicted octanol–water partition coefficient (Wildman–Crippen LogP) is 4.96. The van der Waals surface area contributed by atoms with E-state index in [1.54, 1.807) is 24.3 Å². The van der Waals surface area contributed by atoms with E-state index in [4.69, 9.17) is 0 Å². The van der Waals surface area contributed by atoms with Gasteiger partial charge in [0.15, 0.2) is 11.6 Å². The molecule has 0 radical (unpaired) electrons. The molecule has 23 heavy (non-hydrogen) atoms. The van der Waals surface area contributed by atoms with Gasteiger partial charge in [0.1, 0.15) is 0 Å². The van der Waals surface area contributed by atoms with Gasteiger partial charge < -0.3 is 15.7 Å². The number of aromatic hydroxyl groups is 1. The highest BCUT2D eigenvalue weighted by Gasteiger charge is 2.36. The van der Waals surface area contributed by atoms with Crippen LogP contribution in [-0.4, -0.2) is 11.1 Å². The summed E-state index contributed by atoms with van der Waals surface area (Å²) in [5.74, 6) is -3.14. The van der Waals surface area contributed by atoms with E-state index in [2.05, 4.69) is 26.6 Å².